The smallest absolute Gasteiger partial charge is 0.257 e. The molecule has 0 spiro atoms. The molecular formula is C15H22N2O3. The molecule has 110 valence electrons. The Bertz CT molecular complexity index is 431. The summed E-state index contributed by atoms with van der Waals surface area (Å²) in [5.74, 6) is 1.65. The van der Waals surface area contributed by atoms with Crippen LogP contribution in [0.4, 0.5) is 0 Å². The van der Waals surface area contributed by atoms with Gasteiger partial charge in [0.25, 0.3) is 5.91 Å². The normalized spacial score (nSPS) is 18.4. The number of amides is 1. The molecule has 1 amide bonds. The molecule has 0 aliphatic carbocycles. The Hall–Kier alpha value is -1.75. The second kappa shape index (κ2) is 7.75. The number of piperidine rings is 1. The fourth-order valence-electron chi connectivity index (χ4n) is 2.29. The van der Waals surface area contributed by atoms with Crippen LogP contribution in [-0.2, 0) is 4.79 Å². The number of para-hydroxylation sites is 2. The molecule has 1 fully saturated rings. The summed E-state index contributed by atoms with van der Waals surface area (Å²) in [6.45, 7) is 2.79. The molecule has 1 aromatic rings. The van der Waals surface area contributed by atoms with Crippen LogP contribution in [0.1, 0.15) is 12.8 Å². The largest absolute Gasteiger partial charge is 0.493 e. The zero-order chi connectivity index (χ0) is 14.2. The monoisotopic (exact) mass is 278 g/mol. The third kappa shape index (κ3) is 4.42. The molecule has 5 nitrogen and oxygen atoms in total. The van der Waals surface area contributed by atoms with E-state index in [-0.39, 0.29) is 12.5 Å². The van der Waals surface area contributed by atoms with Crippen molar-refractivity contribution in [2.24, 2.45) is 5.92 Å². The van der Waals surface area contributed by atoms with Gasteiger partial charge >= 0.3 is 0 Å². The number of methoxy groups -OCH3 is 1. The summed E-state index contributed by atoms with van der Waals surface area (Å²) in [4.78, 5) is 11.8. The van der Waals surface area contributed by atoms with Crippen molar-refractivity contribution >= 4 is 5.91 Å². The van der Waals surface area contributed by atoms with Crippen LogP contribution in [0.25, 0.3) is 0 Å². The third-order valence-electron chi connectivity index (χ3n) is 3.41. The number of carbonyl (C=O) groups excluding carboxylic acids is 1. The molecule has 0 aromatic heterocycles. The van der Waals surface area contributed by atoms with Gasteiger partial charge in [-0.2, -0.15) is 0 Å². The van der Waals surface area contributed by atoms with E-state index in [2.05, 4.69) is 10.6 Å². The highest BCUT2D eigenvalue weighted by molar-refractivity contribution is 5.77. The fraction of sp³-hybridized carbons (Fsp3) is 0.533. The molecule has 1 heterocycles. The van der Waals surface area contributed by atoms with Gasteiger partial charge < -0.3 is 20.1 Å². The van der Waals surface area contributed by atoms with Crippen LogP contribution in [0.5, 0.6) is 11.5 Å². The average molecular weight is 278 g/mol. The number of nitrogens with one attached hydrogen (secondary N) is 2. The number of rotatable bonds is 6. The first-order valence-electron chi connectivity index (χ1n) is 7.03. The quantitative estimate of drug-likeness (QED) is 0.820. The van der Waals surface area contributed by atoms with Gasteiger partial charge in [-0.3, -0.25) is 4.79 Å². The van der Waals surface area contributed by atoms with Gasteiger partial charge in [0.1, 0.15) is 0 Å². The standard InChI is InChI=1S/C15H22N2O3/c1-19-13-6-2-3-7-14(13)20-11-15(18)17-10-12-5-4-8-16-9-12/h2-3,6-7,12,16H,4-5,8-11H2,1H3,(H,17,18). The second-order valence-electron chi connectivity index (χ2n) is 4.96. The van der Waals surface area contributed by atoms with E-state index >= 15 is 0 Å². The Kier molecular flexibility index (Phi) is 5.68. The topological polar surface area (TPSA) is 59.6 Å². The van der Waals surface area contributed by atoms with Crippen LogP contribution >= 0.6 is 0 Å². The van der Waals surface area contributed by atoms with Gasteiger partial charge in [-0.1, -0.05) is 12.1 Å². The van der Waals surface area contributed by atoms with Crippen LogP contribution in [0, 0.1) is 5.92 Å². The van der Waals surface area contributed by atoms with Gasteiger partial charge in [0.15, 0.2) is 18.1 Å². The maximum Gasteiger partial charge on any atom is 0.257 e. The average Bonchev–Trinajstić information content (AvgIpc) is 2.52. The van der Waals surface area contributed by atoms with Crippen molar-refractivity contribution in [3.8, 4) is 11.5 Å². The van der Waals surface area contributed by atoms with Crippen molar-refractivity contribution in [2.75, 3.05) is 33.4 Å². The number of ether oxygens (including phenoxy) is 2. The maximum absolute atomic E-state index is 11.8. The third-order valence-corrected chi connectivity index (χ3v) is 3.41. The van der Waals surface area contributed by atoms with Crippen molar-refractivity contribution in [3.63, 3.8) is 0 Å². The molecule has 1 aliphatic heterocycles. The molecule has 5 heteroatoms. The fourth-order valence-corrected chi connectivity index (χ4v) is 2.29. The van der Waals surface area contributed by atoms with Crippen molar-refractivity contribution < 1.29 is 14.3 Å². The Morgan fingerprint density at radius 1 is 1.40 bits per heavy atom. The highest BCUT2D eigenvalue weighted by Crippen LogP contribution is 2.25. The summed E-state index contributed by atoms with van der Waals surface area (Å²) in [5, 5.41) is 6.25. The van der Waals surface area contributed by atoms with Crippen LogP contribution in [0.2, 0.25) is 0 Å². The zero-order valence-electron chi connectivity index (χ0n) is 11.9. The van der Waals surface area contributed by atoms with Crippen LogP contribution in [0.15, 0.2) is 24.3 Å². The number of hydrogen-bond donors (Lipinski definition) is 2. The highest BCUT2D eigenvalue weighted by Gasteiger charge is 2.14. The van der Waals surface area contributed by atoms with Crippen LogP contribution < -0.4 is 20.1 Å². The lowest BCUT2D eigenvalue weighted by Gasteiger charge is -2.22. The van der Waals surface area contributed by atoms with Crippen LogP contribution in [-0.4, -0.2) is 39.3 Å². The first-order valence-corrected chi connectivity index (χ1v) is 7.03. The second-order valence-corrected chi connectivity index (χ2v) is 4.96. The first-order chi connectivity index (χ1) is 9.79. The predicted molar refractivity (Wildman–Crippen MR) is 77.1 cm³/mol. The van der Waals surface area contributed by atoms with E-state index in [4.69, 9.17) is 9.47 Å². The molecule has 0 bridgehead atoms. The van der Waals surface area contributed by atoms with E-state index in [1.54, 1.807) is 19.2 Å². The maximum atomic E-state index is 11.8. The number of hydrogen-bond acceptors (Lipinski definition) is 4. The predicted octanol–water partition coefficient (Wildman–Crippen LogP) is 1.19. The van der Waals surface area contributed by atoms with Gasteiger partial charge in [0.2, 0.25) is 0 Å². The van der Waals surface area contributed by atoms with E-state index < -0.39 is 0 Å². The molecule has 1 atom stereocenters. The minimum atomic E-state index is -0.0959. The minimum absolute atomic E-state index is 0.0144. The lowest BCUT2D eigenvalue weighted by atomic mass is 10.00. The molecule has 0 radical (unpaired) electrons. The molecule has 1 unspecified atom stereocenters. The van der Waals surface area contributed by atoms with E-state index in [1.165, 1.54) is 12.8 Å². The first kappa shape index (κ1) is 14.7. The Morgan fingerprint density at radius 3 is 2.90 bits per heavy atom. The number of benzene rings is 1. The van der Waals surface area contributed by atoms with Crippen LogP contribution in [0.3, 0.4) is 0 Å². The van der Waals surface area contributed by atoms with Gasteiger partial charge in [-0.05, 0) is 44.0 Å². The summed E-state index contributed by atoms with van der Waals surface area (Å²) < 4.78 is 10.6. The Balaban J connectivity index is 1.71. The lowest BCUT2D eigenvalue weighted by Crippen LogP contribution is -2.39. The van der Waals surface area contributed by atoms with Gasteiger partial charge in [0, 0.05) is 6.54 Å². The Morgan fingerprint density at radius 2 is 2.20 bits per heavy atom. The van der Waals surface area contributed by atoms with Crippen molar-refractivity contribution in [1.29, 1.82) is 0 Å². The summed E-state index contributed by atoms with van der Waals surface area (Å²) in [6.07, 6.45) is 2.35. The molecule has 0 saturated carbocycles. The van der Waals surface area contributed by atoms with Crippen molar-refractivity contribution in [2.45, 2.75) is 12.8 Å². The molecule has 1 aliphatic rings. The van der Waals surface area contributed by atoms with E-state index in [0.717, 1.165) is 13.1 Å². The molecular weight excluding hydrogens is 256 g/mol. The van der Waals surface area contributed by atoms with E-state index in [1.807, 2.05) is 12.1 Å². The summed E-state index contributed by atoms with van der Waals surface area (Å²) in [6, 6.07) is 7.31. The zero-order valence-corrected chi connectivity index (χ0v) is 11.9. The molecule has 1 aromatic carbocycles. The summed E-state index contributed by atoms with van der Waals surface area (Å²) in [7, 11) is 1.58. The number of carbonyl (C=O) groups is 1. The summed E-state index contributed by atoms with van der Waals surface area (Å²) in [5.41, 5.74) is 0. The SMILES string of the molecule is COc1ccccc1OCC(=O)NCC1CCCNC1. The lowest BCUT2D eigenvalue weighted by molar-refractivity contribution is -0.123. The molecule has 1 saturated heterocycles. The molecule has 20 heavy (non-hydrogen) atoms. The minimum Gasteiger partial charge on any atom is -0.493 e. The van der Waals surface area contributed by atoms with Crippen molar-refractivity contribution in [3.05, 3.63) is 24.3 Å². The van der Waals surface area contributed by atoms with Crippen molar-refractivity contribution in [1.82, 2.24) is 10.6 Å². The van der Waals surface area contributed by atoms with Gasteiger partial charge in [-0.25, -0.2) is 0 Å². The molecule has 2 rings (SSSR count). The van der Waals surface area contributed by atoms with E-state index in [0.29, 0.717) is 24.0 Å². The highest BCUT2D eigenvalue weighted by atomic mass is 16.5. The van der Waals surface area contributed by atoms with Gasteiger partial charge in [-0.15, -0.1) is 0 Å². The Labute approximate surface area is 119 Å². The summed E-state index contributed by atoms with van der Waals surface area (Å²) >= 11 is 0. The molecule has 2 N–H and O–H groups in total. The van der Waals surface area contributed by atoms with E-state index in [9.17, 15) is 4.79 Å². The van der Waals surface area contributed by atoms with Gasteiger partial charge in [0.05, 0.1) is 7.11 Å².